The van der Waals surface area contributed by atoms with Gasteiger partial charge in [-0.25, -0.2) is 0 Å². The summed E-state index contributed by atoms with van der Waals surface area (Å²) in [6.45, 7) is 0. The lowest BCUT2D eigenvalue weighted by molar-refractivity contribution is -0.116. The van der Waals surface area contributed by atoms with Crippen LogP contribution in [0.4, 0.5) is 0 Å². The Bertz CT molecular complexity index is 379. The molecule has 3 nitrogen and oxygen atoms in total. The van der Waals surface area contributed by atoms with E-state index in [9.17, 15) is 4.79 Å². The molecular formula is C10H7N2O. The predicted molar refractivity (Wildman–Crippen MR) is 50.1 cm³/mol. The molecule has 0 aromatic heterocycles. The first-order chi connectivity index (χ1) is 6.36. The monoisotopic (exact) mass is 171 g/mol. The Hall–Kier alpha value is -1.90. The molecule has 63 valence electrons. The molecule has 1 aromatic rings. The maximum Gasteiger partial charge on any atom is 0.288 e. The van der Waals surface area contributed by atoms with Crippen LogP contribution in [0.3, 0.4) is 0 Å². The van der Waals surface area contributed by atoms with Gasteiger partial charge in [-0.1, -0.05) is 30.3 Å². The highest BCUT2D eigenvalue weighted by molar-refractivity contribution is 6.17. The first-order valence-electron chi connectivity index (χ1n) is 3.91. The van der Waals surface area contributed by atoms with Gasteiger partial charge in [-0.15, -0.1) is 5.43 Å². The molecule has 1 aromatic carbocycles. The quantitative estimate of drug-likeness (QED) is 0.626. The summed E-state index contributed by atoms with van der Waals surface area (Å²) in [6.07, 6.45) is 3.05. The van der Waals surface area contributed by atoms with Crippen molar-refractivity contribution < 1.29 is 4.79 Å². The van der Waals surface area contributed by atoms with Gasteiger partial charge in [-0.05, 0) is 5.56 Å². The van der Waals surface area contributed by atoms with E-state index in [1.54, 1.807) is 6.21 Å². The fourth-order valence-electron chi connectivity index (χ4n) is 1.14. The van der Waals surface area contributed by atoms with E-state index < -0.39 is 0 Å². The van der Waals surface area contributed by atoms with Crippen LogP contribution in [0.15, 0.2) is 41.5 Å². The molecule has 1 heterocycles. The molecule has 0 saturated carbocycles. The molecule has 1 radical (unpaired) electrons. The molecule has 0 bridgehead atoms. The van der Waals surface area contributed by atoms with E-state index in [1.165, 1.54) is 6.08 Å². The summed E-state index contributed by atoms with van der Waals surface area (Å²) < 4.78 is 0. The smallest absolute Gasteiger partial charge is 0.266 e. The second-order valence-electron chi connectivity index (χ2n) is 2.65. The predicted octanol–water partition coefficient (Wildman–Crippen LogP) is 1.20. The highest BCUT2D eigenvalue weighted by Crippen LogP contribution is 2.12. The van der Waals surface area contributed by atoms with Crippen molar-refractivity contribution >= 4 is 17.7 Å². The molecule has 2 rings (SSSR count). The summed E-state index contributed by atoms with van der Waals surface area (Å²) in [7, 11) is 0. The Labute approximate surface area is 75.8 Å². The first kappa shape index (κ1) is 7.73. The van der Waals surface area contributed by atoms with Gasteiger partial charge in [0, 0.05) is 11.6 Å². The van der Waals surface area contributed by atoms with E-state index in [1.807, 2.05) is 30.3 Å². The zero-order valence-electron chi connectivity index (χ0n) is 6.84. The number of hydrogen-bond acceptors (Lipinski definition) is 2. The van der Waals surface area contributed by atoms with Crippen LogP contribution in [-0.2, 0) is 4.79 Å². The average Bonchev–Trinajstić information content (AvgIpc) is 2.19. The molecule has 0 unspecified atom stereocenters. The van der Waals surface area contributed by atoms with Gasteiger partial charge in [-0.3, -0.25) is 4.79 Å². The van der Waals surface area contributed by atoms with Crippen LogP contribution >= 0.6 is 0 Å². The zero-order chi connectivity index (χ0) is 9.10. The van der Waals surface area contributed by atoms with E-state index >= 15 is 0 Å². The van der Waals surface area contributed by atoms with Crippen molar-refractivity contribution in [1.82, 2.24) is 5.43 Å². The molecule has 0 spiro atoms. The van der Waals surface area contributed by atoms with Crippen LogP contribution < -0.4 is 5.43 Å². The summed E-state index contributed by atoms with van der Waals surface area (Å²) in [5.41, 5.74) is 5.15. The lowest BCUT2D eigenvalue weighted by Gasteiger charge is -2.03. The van der Waals surface area contributed by atoms with Gasteiger partial charge >= 0.3 is 0 Å². The number of carbonyl (C=O) groups excluding carboxylic acids is 1. The summed E-state index contributed by atoms with van der Waals surface area (Å²) in [5.74, 6) is -0.304. The molecule has 13 heavy (non-hydrogen) atoms. The Balaban J connectivity index is 2.37. The van der Waals surface area contributed by atoms with Gasteiger partial charge in [-0.2, -0.15) is 5.10 Å². The molecule has 1 aliphatic heterocycles. The Kier molecular flexibility index (Phi) is 1.92. The molecule has 1 amide bonds. The molecule has 0 aliphatic carbocycles. The number of carbonyl (C=O) groups is 1. The minimum absolute atomic E-state index is 0.304. The summed E-state index contributed by atoms with van der Waals surface area (Å²) in [4.78, 5) is 10.9. The number of rotatable bonds is 1. The minimum Gasteiger partial charge on any atom is -0.266 e. The third kappa shape index (κ3) is 1.64. The number of allylic oxidation sites excluding steroid dienone is 1. The fourth-order valence-corrected chi connectivity index (χ4v) is 1.14. The topological polar surface area (TPSA) is 43.5 Å². The molecule has 0 atom stereocenters. The second-order valence-corrected chi connectivity index (χ2v) is 2.65. The van der Waals surface area contributed by atoms with Crippen molar-refractivity contribution in [2.75, 3.05) is 0 Å². The van der Waals surface area contributed by atoms with E-state index in [0.717, 1.165) is 11.1 Å². The Morgan fingerprint density at radius 3 is 2.54 bits per heavy atom. The summed E-state index contributed by atoms with van der Waals surface area (Å²) >= 11 is 0. The molecule has 0 N–H and O–H groups in total. The summed E-state index contributed by atoms with van der Waals surface area (Å²) in [5, 5.41) is 3.60. The molecule has 0 fully saturated rings. The van der Waals surface area contributed by atoms with Crippen molar-refractivity contribution in [2.24, 2.45) is 5.10 Å². The zero-order valence-corrected chi connectivity index (χ0v) is 6.84. The van der Waals surface area contributed by atoms with Crippen molar-refractivity contribution in [3.8, 4) is 0 Å². The molecule has 0 saturated heterocycles. The van der Waals surface area contributed by atoms with E-state index in [2.05, 4.69) is 10.5 Å². The summed E-state index contributed by atoms with van der Waals surface area (Å²) in [6, 6.07) is 9.61. The standard InChI is InChI=1S/C10H7N2O/c13-10-6-9(7-11-12-10)8-4-2-1-3-5-8/h1-7H. The normalized spacial score (nSPS) is 15.1. The van der Waals surface area contributed by atoms with Crippen molar-refractivity contribution in [3.05, 3.63) is 42.0 Å². The van der Waals surface area contributed by atoms with Crippen LogP contribution in [0.2, 0.25) is 0 Å². The van der Waals surface area contributed by atoms with Crippen molar-refractivity contribution in [1.29, 1.82) is 0 Å². The van der Waals surface area contributed by atoms with Gasteiger partial charge in [0.2, 0.25) is 0 Å². The Morgan fingerprint density at radius 1 is 1.08 bits per heavy atom. The average molecular weight is 171 g/mol. The van der Waals surface area contributed by atoms with E-state index in [-0.39, 0.29) is 5.91 Å². The molecular weight excluding hydrogens is 164 g/mol. The maximum atomic E-state index is 10.9. The van der Waals surface area contributed by atoms with Crippen LogP contribution in [0.5, 0.6) is 0 Å². The third-order valence-electron chi connectivity index (χ3n) is 1.74. The maximum absolute atomic E-state index is 10.9. The molecule has 1 aliphatic rings. The van der Waals surface area contributed by atoms with Gasteiger partial charge in [0.15, 0.2) is 0 Å². The number of hydrogen-bond donors (Lipinski definition) is 0. The van der Waals surface area contributed by atoms with Gasteiger partial charge < -0.3 is 0 Å². The largest absolute Gasteiger partial charge is 0.288 e. The second kappa shape index (κ2) is 3.23. The minimum atomic E-state index is -0.304. The number of amides is 1. The van der Waals surface area contributed by atoms with Crippen LogP contribution in [-0.4, -0.2) is 12.1 Å². The number of benzene rings is 1. The van der Waals surface area contributed by atoms with Crippen LogP contribution in [0, 0.1) is 0 Å². The third-order valence-corrected chi connectivity index (χ3v) is 1.74. The van der Waals surface area contributed by atoms with Gasteiger partial charge in [0.25, 0.3) is 5.91 Å². The number of nitrogens with zero attached hydrogens (tertiary/aromatic N) is 2. The fraction of sp³-hybridized carbons (Fsp3) is 0. The Morgan fingerprint density at radius 2 is 1.85 bits per heavy atom. The SMILES string of the molecule is O=C1C=C(c2ccccc2)C=N[N]1. The molecule has 3 heteroatoms. The van der Waals surface area contributed by atoms with Crippen LogP contribution in [0.25, 0.3) is 5.57 Å². The van der Waals surface area contributed by atoms with Crippen molar-refractivity contribution in [2.45, 2.75) is 0 Å². The van der Waals surface area contributed by atoms with Crippen molar-refractivity contribution in [3.63, 3.8) is 0 Å². The lowest BCUT2D eigenvalue weighted by atomic mass is 10.1. The van der Waals surface area contributed by atoms with E-state index in [4.69, 9.17) is 0 Å². The van der Waals surface area contributed by atoms with E-state index in [0.29, 0.717) is 0 Å². The van der Waals surface area contributed by atoms with Gasteiger partial charge in [0.1, 0.15) is 0 Å². The highest BCUT2D eigenvalue weighted by atomic mass is 16.2. The first-order valence-corrected chi connectivity index (χ1v) is 3.91. The van der Waals surface area contributed by atoms with Crippen LogP contribution in [0.1, 0.15) is 5.56 Å². The van der Waals surface area contributed by atoms with Gasteiger partial charge in [0.05, 0.1) is 6.21 Å². The highest BCUT2D eigenvalue weighted by Gasteiger charge is 2.07. The lowest BCUT2D eigenvalue weighted by Crippen LogP contribution is -2.11.